The zero-order valence-corrected chi connectivity index (χ0v) is 23.2. The van der Waals surface area contributed by atoms with Gasteiger partial charge in [-0.2, -0.15) is 0 Å². The third-order valence-corrected chi connectivity index (χ3v) is 7.94. The van der Waals surface area contributed by atoms with Crippen molar-refractivity contribution < 1.29 is 22.7 Å². The minimum Gasteiger partial charge on any atom is -0.437 e. The number of carbonyl (C=O) groups excluding carboxylic acids is 1. The van der Waals surface area contributed by atoms with E-state index in [1.54, 1.807) is 24.3 Å². The van der Waals surface area contributed by atoms with Crippen LogP contribution in [0.4, 0.5) is 5.69 Å². The number of nitrogens with one attached hydrogen (secondary N) is 2. The molecule has 0 spiro atoms. The summed E-state index contributed by atoms with van der Waals surface area (Å²) in [5, 5.41) is 3.43. The van der Waals surface area contributed by atoms with Crippen molar-refractivity contribution in [2.75, 3.05) is 44.1 Å². The van der Waals surface area contributed by atoms with Crippen molar-refractivity contribution in [2.24, 2.45) is 0 Å². The van der Waals surface area contributed by atoms with Crippen molar-refractivity contribution in [1.82, 2.24) is 15.2 Å². The number of amides is 1. The van der Waals surface area contributed by atoms with E-state index in [2.05, 4.69) is 19.9 Å². The van der Waals surface area contributed by atoms with Crippen LogP contribution in [0, 0.1) is 0 Å². The number of rotatable bonds is 10. The second kappa shape index (κ2) is 13.0. The van der Waals surface area contributed by atoms with Crippen molar-refractivity contribution in [2.45, 2.75) is 11.3 Å². The van der Waals surface area contributed by atoms with Gasteiger partial charge in [0.05, 0.1) is 33.2 Å². The van der Waals surface area contributed by atoms with Gasteiger partial charge in [0.25, 0.3) is 15.9 Å². The molecule has 1 aromatic heterocycles. The summed E-state index contributed by atoms with van der Waals surface area (Å²) >= 11 is 17.9. The highest BCUT2D eigenvalue weighted by atomic mass is 35.5. The van der Waals surface area contributed by atoms with Crippen molar-refractivity contribution >= 4 is 56.4 Å². The van der Waals surface area contributed by atoms with Gasteiger partial charge in [-0.3, -0.25) is 14.4 Å². The third-order valence-electron chi connectivity index (χ3n) is 5.63. The molecule has 2 heterocycles. The van der Waals surface area contributed by atoms with Gasteiger partial charge in [-0.05, 0) is 61.5 Å². The molecule has 0 bridgehead atoms. The van der Waals surface area contributed by atoms with E-state index >= 15 is 0 Å². The van der Waals surface area contributed by atoms with Crippen molar-refractivity contribution in [3.8, 4) is 11.6 Å². The second-order valence-corrected chi connectivity index (χ2v) is 11.3. The first-order chi connectivity index (χ1) is 18.2. The molecule has 13 heteroatoms. The van der Waals surface area contributed by atoms with Gasteiger partial charge >= 0.3 is 0 Å². The lowest BCUT2D eigenvalue weighted by molar-refractivity contribution is 0.0374. The fourth-order valence-electron chi connectivity index (χ4n) is 3.65. The number of hydrogen-bond acceptors (Lipinski definition) is 7. The molecule has 9 nitrogen and oxygen atoms in total. The predicted octanol–water partition coefficient (Wildman–Crippen LogP) is 5.09. The molecule has 2 aromatic carbocycles. The maximum absolute atomic E-state index is 12.9. The minimum atomic E-state index is -4.05. The zero-order chi connectivity index (χ0) is 27.1. The van der Waals surface area contributed by atoms with E-state index in [1.807, 2.05) is 0 Å². The molecular weight excluding hydrogens is 575 g/mol. The molecule has 1 aliphatic rings. The zero-order valence-electron chi connectivity index (χ0n) is 20.1. The summed E-state index contributed by atoms with van der Waals surface area (Å²) in [5.74, 6) is 0.121. The fraction of sp³-hybridized carbons (Fsp3) is 0.280. The Bertz CT molecular complexity index is 1380. The van der Waals surface area contributed by atoms with Crippen LogP contribution >= 0.6 is 34.8 Å². The van der Waals surface area contributed by atoms with Crippen molar-refractivity contribution in [3.05, 3.63) is 75.4 Å². The van der Waals surface area contributed by atoms with Gasteiger partial charge in [-0.25, -0.2) is 13.4 Å². The summed E-state index contributed by atoms with van der Waals surface area (Å²) in [7, 11) is -4.05. The topological polar surface area (TPSA) is 110 Å². The average molecular weight is 600 g/mol. The van der Waals surface area contributed by atoms with E-state index in [0.717, 1.165) is 39.3 Å². The van der Waals surface area contributed by atoms with Gasteiger partial charge in [0.2, 0.25) is 5.88 Å². The molecule has 0 saturated carbocycles. The Morgan fingerprint density at radius 3 is 2.47 bits per heavy atom. The summed E-state index contributed by atoms with van der Waals surface area (Å²) in [6, 6.07) is 11.7. The second-order valence-electron chi connectivity index (χ2n) is 8.38. The van der Waals surface area contributed by atoms with E-state index in [-0.39, 0.29) is 37.4 Å². The SMILES string of the molecule is O=C(NCCCN1CCOCC1)c1ccc(Oc2ncc(Cl)cc2NS(=O)(=O)c2ccc(Cl)c(Cl)c2)cc1. The molecule has 1 amide bonds. The Hall–Kier alpha value is -2.60. The van der Waals surface area contributed by atoms with Crippen LogP contribution in [-0.4, -0.2) is 63.6 Å². The number of pyridine rings is 1. The monoisotopic (exact) mass is 598 g/mol. The number of benzene rings is 2. The van der Waals surface area contributed by atoms with Crippen LogP contribution in [0.3, 0.4) is 0 Å². The van der Waals surface area contributed by atoms with E-state index < -0.39 is 10.0 Å². The summed E-state index contributed by atoms with van der Waals surface area (Å²) < 4.78 is 39.4. The molecular formula is C25H25Cl3N4O5S. The van der Waals surface area contributed by atoms with E-state index in [9.17, 15) is 13.2 Å². The van der Waals surface area contributed by atoms with Gasteiger partial charge in [0, 0.05) is 31.4 Å². The number of aromatic nitrogens is 1. The number of halogens is 3. The fourth-order valence-corrected chi connectivity index (χ4v) is 5.24. The first-order valence-corrected chi connectivity index (χ1v) is 14.3. The Labute approximate surface area is 236 Å². The van der Waals surface area contributed by atoms with Crippen LogP contribution in [0.25, 0.3) is 0 Å². The largest absolute Gasteiger partial charge is 0.437 e. The molecule has 2 N–H and O–H groups in total. The van der Waals surface area contributed by atoms with Crippen molar-refractivity contribution in [1.29, 1.82) is 0 Å². The summed E-state index contributed by atoms with van der Waals surface area (Å²) in [4.78, 5) is 18.8. The maximum atomic E-state index is 12.9. The van der Waals surface area contributed by atoms with E-state index in [4.69, 9.17) is 44.3 Å². The quantitative estimate of drug-likeness (QED) is 0.313. The number of anilines is 1. The Morgan fingerprint density at radius 2 is 1.76 bits per heavy atom. The first-order valence-electron chi connectivity index (χ1n) is 11.7. The van der Waals surface area contributed by atoms with Crippen LogP contribution in [0.5, 0.6) is 11.6 Å². The molecule has 1 saturated heterocycles. The van der Waals surface area contributed by atoms with Crippen LogP contribution in [0.15, 0.2) is 59.6 Å². The maximum Gasteiger partial charge on any atom is 0.262 e. The molecule has 1 fully saturated rings. The molecule has 3 aromatic rings. The smallest absolute Gasteiger partial charge is 0.262 e. The first kappa shape index (κ1) is 28.4. The highest BCUT2D eigenvalue weighted by molar-refractivity contribution is 7.92. The molecule has 0 atom stereocenters. The van der Waals surface area contributed by atoms with Crippen LogP contribution in [0.2, 0.25) is 15.1 Å². The molecule has 0 unspecified atom stereocenters. The lowest BCUT2D eigenvalue weighted by Crippen LogP contribution is -2.38. The third kappa shape index (κ3) is 7.72. The van der Waals surface area contributed by atoms with E-state index in [0.29, 0.717) is 17.9 Å². The molecule has 1 aliphatic heterocycles. The van der Waals surface area contributed by atoms with E-state index in [1.165, 1.54) is 30.5 Å². The molecule has 0 radical (unpaired) electrons. The van der Waals surface area contributed by atoms with Gasteiger partial charge in [0.1, 0.15) is 11.4 Å². The summed E-state index contributed by atoms with van der Waals surface area (Å²) in [6.07, 6.45) is 2.17. The number of sulfonamides is 1. The number of carbonyl (C=O) groups is 1. The highest BCUT2D eigenvalue weighted by Crippen LogP contribution is 2.32. The summed E-state index contributed by atoms with van der Waals surface area (Å²) in [5.41, 5.74) is 0.485. The number of morpholine rings is 1. The molecule has 202 valence electrons. The minimum absolute atomic E-state index is 0.0191. The van der Waals surface area contributed by atoms with Crippen LogP contribution in [0.1, 0.15) is 16.8 Å². The van der Waals surface area contributed by atoms with Crippen LogP contribution < -0.4 is 14.8 Å². The van der Waals surface area contributed by atoms with Crippen molar-refractivity contribution in [3.63, 3.8) is 0 Å². The molecule has 4 rings (SSSR count). The number of nitrogens with zero attached hydrogens (tertiary/aromatic N) is 2. The lowest BCUT2D eigenvalue weighted by atomic mass is 10.2. The van der Waals surface area contributed by atoms with Gasteiger partial charge < -0.3 is 14.8 Å². The Morgan fingerprint density at radius 1 is 1.03 bits per heavy atom. The number of ether oxygens (including phenoxy) is 2. The van der Waals surface area contributed by atoms with Gasteiger partial charge in [-0.1, -0.05) is 34.8 Å². The van der Waals surface area contributed by atoms with Crippen LogP contribution in [-0.2, 0) is 14.8 Å². The Kier molecular flexibility index (Phi) is 9.69. The van der Waals surface area contributed by atoms with Gasteiger partial charge in [0.15, 0.2) is 0 Å². The standard InChI is InChI=1S/C25H25Cl3N4O5S/c26-18-14-23(31-38(34,35)20-6-7-21(27)22(28)15-20)25(30-16-18)37-19-4-2-17(3-5-19)24(33)29-8-1-9-32-10-12-36-13-11-32/h2-7,14-16,31H,1,8-13H2,(H,29,33). The average Bonchev–Trinajstić information content (AvgIpc) is 2.90. The van der Waals surface area contributed by atoms with Gasteiger partial charge in [-0.15, -0.1) is 0 Å². The Balaban J connectivity index is 1.38. The predicted molar refractivity (Wildman–Crippen MR) is 147 cm³/mol. The normalized spacial score (nSPS) is 14.2. The number of hydrogen-bond donors (Lipinski definition) is 2. The summed E-state index contributed by atoms with van der Waals surface area (Å²) in [6.45, 7) is 4.79. The molecule has 0 aliphatic carbocycles. The molecule has 38 heavy (non-hydrogen) atoms. The highest BCUT2D eigenvalue weighted by Gasteiger charge is 2.20. The lowest BCUT2D eigenvalue weighted by Gasteiger charge is -2.26.